The van der Waals surface area contributed by atoms with Crippen LogP contribution in [0.1, 0.15) is 31.8 Å². The zero-order chi connectivity index (χ0) is 35.0. The Morgan fingerprint density at radius 1 is 0.540 bits per heavy atom. The van der Waals surface area contributed by atoms with Gasteiger partial charge in [0.2, 0.25) is 0 Å². The monoisotopic (exact) mass is 681 g/mol. The number of fused-ring (bicyclic) bond motifs is 2. The number of ketones is 2. The van der Waals surface area contributed by atoms with Crippen molar-refractivity contribution in [3.05, 3.63) is 161 Å². The van der Waals surface area contributed by atoms with E-state index >= 15 is 0 Å². The topological polar surface area (TPSA) is 99.6 Å². The Morgan fingerprint density at radius 3 is 1.58 bits per heavy atom. The molecular formula is C41H32ClN3O5. The fourth-order valence-electron chi connectivity index (χ4n) is 5.53. The van der Waals surface area contributed by atoms with Crippen LogP contribution in [0.4, 0.5) is 11.4 Å². The molecule has 0 aliphatic rings. The van der Waals surface area contributed by atoms with Crippen LogP contribution in [-0.2, 0) is 0 Å². The second kappa shape index (κ2) is 15.3. The minimum Gasteiger partial charge on any atom is -0.495 e. The fraction of sp³-hybridized carbons (Fsp3) is 0.0732. The zero-order valence-corrected chi connectivity index (χ0v) is 28.3. The third kappa shape index (κ3) is 6.83. The van der Waals surface area contributed by atoms with Crippen LogP contribution in [-0.4, -0.2) is 42.9 Å². The molecule has 0 atom stereocenters. The van der Waals surface area contributed by atoms with Crippen LogP contribution in [0, 0.1) is 0 Å². The fourth-order valence-corrected chi connectivity index (χ4v) is 5.81. The number of hydrogen-bond acceptors (Lipinski definition) is 8. The lowest BCUT2D eigenvalue weighted by atomic mass is 10.00. The van der Waals surface area contributed by atoms with Gasteiger partial charge in [0.25, 0.3) is 0 Å². The summed E-state index contributed by atoms with van der Waals surface area (Å²) in [5.74, 6) is 1.70. The molecule has 0 aliphatic carbocycles. The van der Waals surface area contributed by atoms with Gasteiger partial charge in [0.1, 0.15) is 28.3 Å². The summed E-state index contributed by atoms with van der Waals surface area (Å²) in [6.45, 7) is 0. The van der Waals surface area contributed by atoms with E-state index in [0.29, 0.717) is 66.6 Å². The van der Waals surface area contributed by atoms with E-state index in [9.17, 15) is 9.59 Å². The van der Waals surface area contributed by atoms with Gasteiger partial charge in [-0.05, 0) is 24.3 Å². The molecule has 0 saturated heterocycles. The predicted octanol–water partition coefficient (Wildman–Crippen LogP) is 9.35. The molecular weight excluding hydrogens is 650 g/mol. The summed E-state index contributed by atoms with van der Waals surface area (Å²) < 4.78 is 16.2. The molecule has 8 nitrogen and oxygen atoms in total. The van der Waals surface area contributed by atoms with Crippen molar-refractivity contribution in [3.63, 3.8) is 0 Å². The maximum absolute atomic E-state index is 13.3. The molecule has 0 aliphatic heterocycles. The summed E-state index contributed by atoms with van der Waals surface area (Å²) in [7, 11) is 4.80. The number of rotatable bonds is 9. The number of benzene rings is 5. The number of ether oxygens (including phenoxy) is 3. The van der Waals surface area contributed by atoms with Crippen LogP contribution in [0.2, 0.25) is 5.02 Å². The molecule has 7 rings (SSSR count). The van der Waals surface area contributed by atoms with Gasteiger partial charge in [-0.15, -0.1) is 0 Å². The first-order valence-electron chi connectivity index (χ1n) is 15.6. The first kappa shape index (κ1) is 33.6. The van der Waals surface area contributed by atoms with Gasteiger partial charge in [0.05, 0.1) is 48.9 Å². The summed E-state index contributed by atoms with van der Waals surface area (Å²) >= 11 is 6.40. The first-order valence-corrected chi connectivity index (χ1v) is 16.0. The molecule has 0 saturated carbocycles. The van der Waals surface area contributed by atoms with Gasteiger partial charge in [-0.2, -0.15) is 0 Å². The van der Waals surface area contributed by atoms with Crippen molar-refractivity contribution in [2.75, 3.05) is 26.6 Å². The number of methoxy groups -OCH3 is 3. The maximum Gasteiger partial charge on any atom is 0.196 e. The van der Waals surface area contributed by atoms with Gasteiger partial charge < -0.3 is 19.5 Å². The molecule has 0 radical (unpaired) electrons. The Balaban J connectivity index is 0.000000182. The molecule has 2 aromatic heterocycles. The standard InChI is InChI=1S/C24H20N2O3.C17H12ClNO2/c1-28-20-13-7-6-12-19(20)26-22-17-11-8-14-21(29-2)23(17)25-15-18(22)24(27)16-9-4-3-5-10-16;1-21-14-9-5-8-12-15(18)13(10-19-16(12)14)17(20)11-6-3-2-4-7-11/h3-15H,1-2H3,(H,25,26);2-10H,1H3. The Hall–Kier alpha value is -6.25. The minimum atomic E-state index is -0.141. The van der Waals surface area contributed by atoms with Gasteiger partial charge in [-0.25, -0.2) is 0 Å². The van der Waals surface area contributed by atoms with Crippen molar-refractivity contribution in [1.82, 2.24) is 9.97 Å². The molecule has 0 fully saturated rings. The average molecular weight is 682 g/mol. The van der Waals surface area contributed by atoms with E-state index in [0.717, 1.165) is 11.1 Å². The number of aromatic nitrogens is 2. The van der Waals surface area contributed by atoms with Crippen LogP contribution in [0.5, 0.6) is 17.2 Å². The van der Waals surface area contributed by atoms with E-state index in [-0.39, 0.29) is 11.6 Å². The second-order valence-electron chi connectivity index (χ2n) is 11.0. The summed E-state index contributed by atoms with van der Waals surface area (Å²) in [4.78, 5) is 34.6. The SMILES string of the molecule is COc1cccc2c(Cl)c(C(=O)c3ccccc3)cnc12.COc1ccccc1Nc1c(C(=O)c2ccccc2)cnc2c(OC)cccc12. The van der Waals surface area contributed by atoms with E-state index in [1.54, 1.807) is 51.8 Å². The maximum atomic E-state index is 13.3. The van der Waals surface area contributed by atoms with Crippen molar-refractivity contribution < 1.29 is 23.8 Å². The number of pyridine rings is 2. The van der Waals surface area contributed by atoms with Crippen molar-refractivity contribution in [3.8, 4) is 17.2 Å². The molecule has 2 heterocycles. The summed E-state index contributed by atoms with van der Waals surface area (Å²) in [6, 6.07) is 36.9. The quantitative estimate of drug-likeness (QED) is 0.151. The zero-order valence-electron chi connectivity index (χ0n) is 27.5. The Morgan fingerprint density at radius 2 is 1.00 bits per heavy atom. The highest BCUT2D eigenvalue weighted by atomic mass is 35.5. The van der Waals surface area contributed by atoms with Crippen molar-refractivity contribution in [2.45, 2.75) is 0 Å². The van der Waals surface area contributed by atoms with Gasteiger partial charge in [-0.1, -0.05) is 109 Å². The third-order valence-corrected chi connectivity index (χ3v) is 8.43. The highest BCUT2D eigenvalue weighted by molar-refractivity contribution is 6.39. The Bertz CT molecular complexity index is 2310. The van der Waals surface area contributed by atoms with Crippen molar-refractivity contribution in [2.24, 2.45) is 0 Å². The van der Waals surface area contributed by atoms with Gasteiger partial charge >= 0.3 is 0 Å². The van der Waals surface area contributed by atoms with Crippen LogP contribution in [0.25, 0.3) is 21.8 Å². The highest BCUT2D eigenvalue weighted by Crippen LogP contribution is 2.37. The van der Waals surface area contributed by atoms with Gasteiger partial charge in [0.15, 0.2) is 11.6 Å². The number of nitrogens with one attached hydrogen (secondary N) is 1. The van der Waals surface area contributed by atoms with Gasteiger partial charge in [0, 0.05) is 34.3 Å². The largest absolute Gasteiger partial charge is 0.495 e. The van der Waals surface area contributed by atoms with Crippen molar-refractivity contribution >= 4 is 56.3 Å². The Labute approximate surface area is 294 Å². The molecule has 9 heteroatoms. The van der Waals surface area contributed by atoms with Crippen molar-refractivity contribution in [1.29, 1.82) is 0 Å². The number of anilines is 2. The number of halogens is 1. The third-order valence-electron chi connectivity index (χ3n) is 8.02. The normalized spacial score (nSPS) is 10.6. The Kier molecular flexibility index (Phi) is 10.3. The molecule has 0 bridgehead atoms. The molecule has 50 heavy (non-hydrogen) atoms. The number of hydrogen-bond donors (Lipinski definition) is 1. The number of para-hydroxylation sites is 4. The lowest BCUT2D eigenvalue weighted by molar-refractivity contribution is 0.103. The van der Waals surface area contributed by atoms with E-state index in [4.69, 9.17) is 25.8 Å². The van der Waals surface area contributed by atoms with Crippen LogP contribution < -0.4 is 19.5 Å². The molecule has 0 unspecified atom stereocenters. The lowest BCUT2D eigenvalue weighted by Crippen LogP contribution is -2.08. The van der Waals surface area contributed by atoms with E-state index in [1.165, 1.54) is 6.20 Å². The van der Waals surface area contributed by atoms with Crippen LogP contribution in [0.15, 0.2) is 134 Å². The van der Waals surface area contributed by atoms with E-state index < -0.39 is 0 Å². The molecule has 0 spiro atoms. The van der Waals surface area contributed by atoms with Crippen LogP contribution >= 0.6 is 11.6 Å². The van der Waals surface area contributed by atoms with Gasteiger partial charge in [-0.3, -0.25) is 19.6 Å². The number of carbonyl (C=O) groups excluding carboxylic acids is 2. The second-order valence-corrected chi connectivity index (χ2v) is 11.3. The highest BCUT2D eigenvalue weighted by Gasteiger charge is 2.20. The average Bonchev–Trinajstić information content (AvgIpc) is 3.18. The molecule has 5 aromatic carbocycles. The van der Waals surface area contributed by atoms with E-state index in [1.807, 2.05) is 97.1 Å². The summed E-state index contributed by atoms with van der Waals surface area (Å²) in [6.07, 6.45) is 3.10. The first-order chi connectivity index (χ1) is 24.4. The van der Waals surface area contributed by atoms with E-state index in [2.05, 4.69) is 15.3 Å². The molecule has 248 valence electrons. The summed E-state index contributed by atoms with van der Waals surface area (Å²) in [5.41, 5.74) is 4.79. The molecule has 1 N–H and O–H groups in total. The predicted molar refractivity (Wildman–Crippen MR) is 198 cm³/mol. The number of carbonyl (C=O) groups is 2. The smallest absolute Gasteiger partial charge is 0.196 e. The van der Waals surface area contributed by atoms with Crippen LogP contribution in [0.3, 0.4) is 0 Å². The summed E-state index contributed by atoms with van der Waals surface area (Å²) in [5, 5.41) is 5.29. The molecule has 0 amide bonds. The minimum absolute atomic E-state index is 0.111. The molecule has 7 aromatic rings. The lowest BCUT2D eigenvalue weighted by Gasteiger charge is -2.17. The number of nitrogens with zero attached hydrogens (tertiary/aromatic N) is 2.